The minimum atomic E-state index is 0.0335. The lowest BCUT2D eigenvalue weighted by Crippen LogP contribution is -2.30. The normalized spacial score (nSPS) is 14.8. The van der Waals surface area contributed by atoms with Gasteiger partial charge in [0.05, 0.1) is 6.10 Å². The molecule has 0 saturated carbocycles. The van der Waals surface area contributed by atoms with Gasteiger partial charge in [-0.05, 0) is 30.9 Å². The number of ether oxygens (including phenoxy) is 1. The molecule has 2 heteroatoms. The fourth-order valence-electron chi connectivity index (χ4n) is 1.81. The number of aryl methyl sites for hydroxylation is 1. The predicted molar refractivity (Wildman–Crippen MR) is 68.4 cm³/mol. The number of hydrogen-bond acceptors (Lipinski definition) is 2. The summed E-state index contributed by atoms with van der Waals surface area (Å²) < 4.78 is 5.89. The van der Waals surface area contributed by atoms with Crippen molar-refractivity contribution in [2.75, 3.05) is 6.61 Å². The van der Waals surface area contributed by atoms with Crippen LogP contribution in [0.25, 0.3) is 0 Å². The van der Waals surface area contributed by atoms with Crippen LogP contribution in [-0.2, 0) is 4.74 Å². The molecule has 0 aliphatic carbocycles. The number of benzene rings is 1. The van der Waals surface area contributed by atoms with E-state index in [0.717, 1.165) is 19.4 Å². The Morgan fingerprint density at radius 1 is 1.25 bits per heavy atom. The molecule has 0 aromatic heterocycles. The third kappa shape index (κ3) is 3.32. The zero-order valence-electron chi connectivity index (χ0n) is 10.6. The maximum absolute atomic E-state index is 6.13. The van der Waals surface area contributed by atoms with Gasteiger partial charge in [0.1, 0.15) is 0 Å². The minimum absolute atomic E-state index is 0.0335. The Kier molecular flexibility index (Phi) is 5.50. The molecule has 0 radical (unpaired) electrons. The molecule has 1 aromatic carbocycles. The molecule has 90 valence electrons. The topological polar surface area (TPSA) is 35.2 Å². The number of hydrogen-bond donors (Lipinski definition) is 1. The number of rotatable bonds is 6. The van der Waals surface area contributed by atoms with Crippen molar-refractivity contribution in [3.63, 3.8) is 0 Å². The summed E-state index contributed by atoms with van der Waals surface area (Å²) in [6.45, 7) is 7.10. The summed E-state index contributed by atoms with van der Waals surface area (Å²) in [6.07, 6.45) is 1.99. The van der Waals surface area contributed by atoms with E-state index < -0.39 is 0 Å². The molecular weight excluding hydrogens is 198 g/mol. The van der Waals surface area contributed by atoms with Crippen LogP contribution in [0.15, 0.2) is 24.3 Å². The van der Waals surface area contributed by atoms with E-state index in [-0.39, 0.29) is 12.1 Å². The van der Waals surface area contributed by atoms with Crippen LogP contribution < -0.4 is 5.73 Å². The highest BCUT2D eigenvalue weighted by molar-refractivity contribution is 5.28. The summed E-state index contributed by atoms with van der Waals surface area (Å²) in [5, 5.41) is 0. The van der Waals surface area contributed by atoms with E-state index in [0.29, 0.717) is 0 Å². The largest absolute Gasteiger partial charge is 0.372 e. The van der Waals surface area contributed by atoms with Gasteiger partial charge in [0.2, 0.25) is 0 Å². The molecule has 2 N–H and O–H groups in total. The lowest BCUT2D eigenvalue weighted by Gasteiger charge is -2.25. The molecule has 1 aromatic rings. The van der Waals surface area contributed by atoms with E-state index in [1.165, 1.54) is 11.1 Å². The van der Waals surface area contributed by atoms with Crippen molar-refractivity contribution in [3.05, 3.63) is 35.4 Å². The Hall–Kier alpha value is -0.860. The van der Waals surface area contributed by atoms with E-state index in [1.807, 2.05) is 12.1 Å². The van der Waals surface area contributed by atoms with E-state index >= 15 is 0 Å². The van der Waals surface area contributed by atoms with Gasteiger partial charge in [-0.2, -0.15) is 0 Å². The molecule has 0 aliphatic heterocycles. The summed E-state index contributed by atoms with van der Waals surface area (Å²) in [4.78, 5) is 0. The maximum Gasteiger partial charge on any atom is 0.0978 e. The van der Waals surface area contributed by atoms with Crippen molar-refractivity contribution in [1.29, 1.82) is 0 Å². The van der Waals surface area contributed by atoms with Gasteiger partial charge in [0, 0.05) is 12.6 Å². The molecular formula is C14H23NO. The standard InChI is InChI=1S/C14H23NO/c1-4-10-16-14(13(15)5-2)12-9-7-6-8-11(12)3/h6-9,13-14H,4-5,10,15H2,1-3H3. The smallest absolute Gasteiger partial charge is 0.0978 e. The fraction of sp³-hybridized carbons (Fsp3) is 0.571. The van der Waals surface area contributed by atoms with Crippen molar-refractivity contribution in [2.45, 2.75) is 45.8 Å². The van der Waals surface area contributed by atoms with E-state index in [1.54, 1.807) is 0 Å². The Balaban J connectivity index is 2.87. The van der Waals surface area contributed by atoms with Crippen LogP contribution in [0.4, 0.5) is 0 Å². The van der Waals surface area contributed by atoms with Crippen molar-refractivity contribution >= 4 is 0 Å². The van der Waals surface area contributed by atoms with E-state index in [4.69, 9.17) is 10.5 Å². The van der Waals surface area contributed by atoms with E-state index in [9.17, 15) is 0 Å². The first-order valence-corrected chi connectivity index (χ1v) is 6.13. The van der Waals surface area contributed by atoms with Gasteiger partial charge in [-0.15, -0.1) is 0 Å². The average Bonchev–Trinajstić information content (AvgIpc) is 2.31. The van der Waals surface area contributed by atoms with Gasteiger partial charge < -0.3 is 10.5 Å². The summed E-state index contributed by atoms with van der Waals surface area (Å²) in [5.41, 5.74) is 8.62. The predicted octanol–water partition coefficient (Wildman–Crippen LogP) is 3.20. The molecule has 0 spiro atoms. The van der Waals surface area contributed by atoms with Crippen molar-refractivity contribution < 1.29 is 4.74 Å². The van der Waals surface area contributed by atoms with Crippen LogP contribution in [0.3, 0.4) is 0 Å². The minimum Gasteiger partial charge on any atom is -0.372 e. The zero-order valence-corrected chi connectivity index (χ0v) is 10.6. The Labute approximate surface area is 98.8 Å². The molecule has 0 fully saturated rings. The van der Waals surface area contributed by atoms with Crippen LogP contribution in [0.2, 0.25) is 0 Å². The highest BCUT2D eigenvalue weighted by atomic mass is 16.5. The van der Waals surface area contributed by atoms with Gasteiger partial charge >= 0.3 is 0 Å². The third-order valence-electron chi connectivity index (χ3n) is 2.86. The summed E-state index contributed by atoms with van der Waals surface area (Å²) in [6, 6.07) is 8.40. The van der Waals surface area contributed by atoms with Crippen molar-refractivity contribution in [3.8, 4) is 0 Å². The first-order chi connectivity index (χ1) is 7.70. The molecule has 0 saturated heterocycles. The fourth-order valence-corrected chi connectivity index (χ4v) is 1.81. The van der Waals surface area contributed by atoms with Crippen LogP contribution in [0, 0.1) is 6.92 Å². The van der Waals surface area contributed by atoms with Crippen LogP contribution in [0.5, 0.6) is 0 Å². The first-order valence-electron chi connectivity index (χ1n) is 6.13. The molecule has 0 bridgehead atoms. The lowest BCUT2D eigenvalue weighted by atomic mass is 9.97. The van der Waals surface area contributed by atoms with Crippen LogP contribution in [-0.4, -0.2) is 12.6 Å². The zero-order chi connectivity index (χ0) is 12.0. The average molecular weight is 221 g/mol. The van der Waals surface area contributed by atoms with Crippen molar-refractivity contribution in [1.82, 2.24) is 0 Å². The van der Waals surface area contributed by atoms with Gasteiger partial charge in [-0.25, -0.2) is 0 Å². The molecule has 0 aliphatic rings. The highest BCUT2D eigenvalue weighted by Crippen LogP contribution is 2.25. The van der Waals surface area contributed by atoms with Gasteiger partial charge in [-0.1, -0.05) is 38.1 Å². The molecule has 16 heavy (non-hydrogen) atoms. The third-order valence-corrected chi connectivity index (χ3v) is 2.86. The maximum atomic E-state index is 6.13. The summed E-state index contributed by atoms with van der Waals surface area (Å²) >= 11 is 0. The first kappa shape index (κ1) is 13.2. The molecule has 2 nitrogen and oxygen atoms in total. The molecule has 0 amide bonds. The lowest BCUT2D eigenvalue weighted by molar-refractivity contribution is 0.0335. The van der Waals surface area contributed by atoms with Crippen molar-refractivity contribution in [2.24, 2.45) is 5.73 Å². The van der Waals surface area contributed by atoms with Gasteiger partial charge in [0.15, 0.2) is 0 Å². The second kappa shape index (κ2) is 6.66. The second-order valence-electron chi connectivity index (χ2n) is 4.22. The molecule has 1 rings (SSSR count). The van der Waals surface area contributed by atoms with Crippen LogP contribution >= 0.6 is 0 Å². The second-order valence-corrected chi connectivity index (χ2v) is 4.22. The Morgan fingerprint density at radius 2 is 1.94 bits per heavy atom. The van der Waals surface area contributed by atoms with E-state index in [2.05, 4.69) is 32.9 Å². The van der Waals surface area contributed by atoms with Gasteiger partial charge in [0.25, 0.3) is 0 Å². The van der Waals surface area contributed by atoms with Crippen LogP contribution in [0.1, 0.15) is 43.9 Å². The van der Waals surface area contributed by atoms with Gasteiger partial charge in [-0.3, -0.25) is 0 Å². The quantitative estimate of drug-likeness (QED) is 0.800. The molecule has 0 heterocycles. The summed E-state index contributed by atoms with van der Waals surface area (Å²) in [7, 11) is 0. The monoisotopic (exact) mass is 221 g/mol. The Bertz CT molecular complexity index is 311. The summed E-state index contributed by atoms with van der Waals surface area (Å²) in [5.74, 6) is 0. The molecule has 2 unspecified atom stereocenters. The Morgan fingerprint density at radius 3 is 2.50 bits per heavy atom. The number of nitrogens with two attached hydrogens (primary N) is 1. The SMILES string of the molecule is CCCOC(c1ccccc1C)C(N)CC. The highest BCUT2D eigenvalue weighted by Gasteiger charge is 2.20. The molecule has 2 atom stereocenters.